The van der Waals surface area contributed by atoms with Gasteiger partial charge in [0.2, 0.25) is 5.95 Å². The highest BCUT2D eigenvalue weighted by atomic mass is 16.1. The number of amides is 1. The molecule has 0 saturated heterocycles. The first-order valence-corrected chi connectivity index (χ1v) is 9.31. The van der Waals surface area contributed by atoms with E-state index in [9.17, 15) is 4.79 Å². The number of aryl methyl sites for hydroxylation is 2. The van der Waals surface area contributed by atoms with Crippen molar-refractivity contribution in [1.82, 2.24) is 9.97 Å². The van der Waals surface area contributed by atoms with Crippen LogP contribution in [0.25, 0.3) is 0 Å². The fourth-order valence-electron chi connectivity index (χ4n) is 3.02. The van der Waals surface area contributed by atoms with Crippen LogP contribution in [0, 0.1) is 13.8 Å². The van der Waals surface area contributed by atoms with Gasteiger partial charge in [0.05, 0.1) is 5.56 Å². The number of carbonyl (C=O) groups excluding carboxylic acids is 1. The topological polar surface area (TPSA) is 66.9 Å². The van der Waals surface area contributed by atoms with E-state index in [-0.39, 0.29) is 11.3 Å². The molecule has 0 spiro atoms. The monoisotopic (exact) mass is 374 g/mol. The van der Waals surface area contributed by atoms with Gasteiger partial charge in [0.25, 0.3) is 5.91 Å². The standard InChI is InChI=1S/C23H26N4O/c1-15-10-11-19(16(2)12-15)26-21(28)17-13-24-22(25-14-17)27-20-9-7-6-8-18(20)23(3,4)5/h6-14H,1-5H3,(H,26,28)(H,24,25,27). The lowest BCUT2D eigenvalue weighted by Crippen LogP contribution is -2.15. The second-order valence-electron chi connectivity index (χ2n) is 7.99. The number of para-hydroxylation sites is 1. The summed E-state index contributed by atoms with van der Waals surface area (Å²) in [5, 5.41) is 6.17. The van der Waals surface area contributed by atoms with Gasteiger partial charge in [-0.25, -0.2) is 9.97 Å². The number of hydrogen-bond acceptors (Lipinski definition) is 4. The second kappa shape index (κ2) is 7.80. The summed E-state index contributed by atoms with van der Waals surface area (Å²) in [4.78, 5) is 21.1. The maximum Gasteiger partial charge on any atom is 0.258 e. The molecule has 0 radical (unpaired) electrons. The molecular formula is C23H26N4O. The highest BCUT2D eigenvalue weighted by Gasteiger charge is 2.18. The maximum atomic E-state index is 12.5. The van der Waals surface area contributed by atoms with Gasteiger partial charge in [-0.15, -0.1) is 0 Å². The molecule has 0 fully saturated rings. The number of rotatable bonds is 4. The van der Waals surface area contributed by atoms with Gasteiger partial charge in [0, 0.05) is 23.8 Å². The summed E-state index contributed by atoms with van der Waals surface area (Å²) in [6.45, 7) is 10.5. The Labute approximate surface area is 166 Å². The minimum Gasteiger partial charge on any atom is -0.324 e. The molecule has 144 valence electrons. The van der Waals surface area contributed by atoms with E-state index in [2.05, 4.69) is 47.4 Å². The van der Waals surface area contributed by atoms with Crippen molar-refractivity contribution in [3.8, 4) is 0 Å². The molecule has 28 heavy (non-hydrogen) atoms. The van der Waals surface area contributed by atoms with Crippen LogP contribution in [0.15, 0.2) is 54.9 Å². The SMILES string of the molecule is Cc1ccc(NC(=O)c2cnc(Nc3ccccc3C(C)(C)C)nc2)c(C)c1. The van der Waals surface area contributed by atoms with Crippen molar-refractivity contribution in [2.75, 3.05) is 10.6 Å². The molecule has 0 bridgehead atoms. The third kappa shape index (κ3) is 4.55. The molecule has 2 N–H and O–H groups in total. The number of benzene rings is 2. The van der Waals surface area contributed by atoms with Crippen molar-refractivity contribution >= 4 is 23.2 Å². The molecule has 0 aliphatic rings. The van der Waals surface area contributed by atoms with Gasteiger partial charge in [-0.2, -0.15) is 0 Å². The molecule has 1 heterocycles. The molecule has 3 rings (SSSR count). The smallest absolute Gasteiger partial charge is 0.258 e. The van der Waals surface area contributed by atoms with Crippen LogP contribution in [0.2, 0.25) is 0 Å². The lowest BCUT2D eigenvalue weighted by molar-refractivity contribution is 0.102. The average Bonchev–Trinajstić information content (AvgIpc) is 2.64. The fourth-order valence-corrected chi connectivity index (χ4v) is 3.02. The molecule has 0 aliphatic carbocycles. The molecule has 1 aromatic heterocycles. The Bertz CT molecular complexity index is 988. The predicted octanol–water partition coefficient (Wildman–Crippen LogP) is 5.39. The number of nitrogens with one attached hydrogen (secondary N) is 2. The molecule has 0 aliphatic heterocycles. The van der Waals surface area contributed by atoms with Crippen LogP contribution in [0.5, 0.6) is 0 Å². The van der Waals surface area contributed by atoms with E-state index in [0.717, 1.165) is 22.5 Å². The fraction of sp³-hybridized carbons (Fsp3) is 0.261. The molecule has 5 nitrogen and oxygen atoms in total. The number of nitrogens with zero attached hydrogens (tertiary/aromatic N) is 2. The second-order valence-corrected chi connectivity index (χ2v) is 7.99. The number of carbonyl (C=O) groups is 1. The van der Waals surface area contributed by atoms with Gasteiger partial charge >= 0.3 is 0 Å². The largest absolute Gasteiger partial charge is 0.324 e. The molecule has 0 unspecified atom stereocenters. The number of aromatic nitrogens is 2. The van der Waals surface area contributed by atoms with Crippen molar-refractivity contribution in [1.29, 1.82) is 0 Å². The highest BCUT2D eigenvalue weighted by molar-refractivity contribution is 6.04. The van der Waals surface area contributed by atoms with Crippen LogP contribution in [-0.2, 0) is 5.41 Å². The number of anilines is 3. The van der Waals surface area contributed by atoms with Crippen molar-refractivity contribution in [2.24, 2.45) is 0 Å². The first-order chi connectivity index (χ1) is 13.2. The summed E-state index contributed by atoms with van der Waals surface area (Å²) >= 11 is 0. The van der Waals surface area contributed by atoms with Crippen molar-refractivity contribution in [2.45, 2.75) is 40.0 Å². The number of hydrogen-bond donors (Lipinski definition) is 2. The van der Waals surface area contributed by atoms with Crippen molar-refractivity contribution in [3.05, 3.63) is 77.1 Å². The quantitative estimate of drug-likeness (QED) is 0.643. The Kier molecular flexibility index (Phi) is 5.45. The van der Waals surface area contributed by atoms with E-state index in [1.165, 1.54) is 18.0 Å². The zero-order chi connectivity index (χ0) is 20.3. The van der Waals surface area contributed by atoms with Gasteiger partial charge in [0.15, 0.2) is 0 Å². The Morgan fingerprint density at radius 3 is 2.25 bits per heavy atom. The molecule has 5 heteroatoms. The summed E-state index contributed by atoms with van der Waals surface area (Å²) in [6.07, 6.45) is 3.07. The Hall–Kier alpha value is -3.21. The molecule has 3 aromatic rings. The van der Waals surface area contributed by atoms with Crippen molar-refractivity contribution < 1.29 is 4.79 Å². The highest BCUT2D eigenvalue weighted by Crippen LogP contribution is 2.30. The minimum atomic E-state index is -0.228. The molecule has 0 saturated carbocycles. The van der Waals surface area contributed by atoms with Gasteiger partial charge in [0.1, 0.15) is 0 Å². The summed E-state index contributed by atoms with van der Waals surface area (Å²) < 4.78 is 0. The van der Waals surface area contributed by atoms with E-state index < -0.39 is 0 Å². The van der Waals surface area contributed by atoms with E-state index in [1.807, 2.05) is 50.2 Å². The third-order valence-electron chi connectivity index (χ3n) is 4.53. The van der Waals surface area contributed by atoms with Gasteiger partial charge in [-0.05, 0) is 42.5 Å². The van der Waals surface area contributed by atoms with Crippen LogP contribution in [0.3, 0.4) is 0 Å². The summed E-state index contributed by atoms with van der Waals surface area (Å²) in [5.74, 6) is 0.230. The summed E-state index contributed by atoms with van der Waals surface area (Å²) in [7, 11) is 0. The Morgan fingerprint density at radius 2 is 1.61 bits per heavy atom. The average molecular weight is 374 g/mol. The minimum absolute atomic E-state index is 0.00465. The van der Waals surface area contributed by atoms with E-state index in [4.69, 9.17) is 0 Å². The zero-order valence-corrected chi connectivity index (χ0v) is 17.0. The van der Waals surface area contributed by atoms with Crippen LogP contribution >= 0.6 is 0 Å². The third-order valence-corrected chi connectivity index (χ3v) is 4.53. The van der Waals surface area contributed by atoms with Crippen LogP contribution in [0.1, 0.15) is 47.8 Å². The molecule has 1 amide bonds. The molecule has 0 atom stereocenters. The lowest BCUT2D eigenvalue weighted by Gasteiger charge is -2.22. The first-order valence-electron chi connectivity index (χ1n) is 9.31. The predicted molar refractivity (Wildman–Crippen MR) is 114 cm³/mol. The zero-order valence-electron chi connectivity index (χ0n) is 17.0. The molecule has 2 aromatic carbocycles. The lowest BCUT2D eigenvalue weighted by atomic mass is 9.86. The van der Waals surface area contributed by atoms with Crippen LogP contribution < -0.4 is 10.6 Å². The Balaban J connectivity index is 1.74. The first kappa shape index (κ1) is 19.5. The molecular weight excluding hydrogens is 348 g/mol. The van der Waals surface area contributed by atoms with Gasteiger partial charge in [-0.3, -0.25) is 4.79 Å². The van der Waals surface area contributed by atoms with Crippen LogP contribution in [-0.4, -0.2) is 15.9 Å². The Morgan fingerprint density at radius 1 is 0.929 bits per heavy atom. The van der Waals surface area contributed by atoms with Crippen molar-refractivity contribution in [3.63, 3.8) is 0 Å². The van der Waals surface area contributed by atoms with Crippen LogP contribution in [0.4, 0.5) is 17.3 Å². The van der Waals surface area contributed by atoms with E-state index in [1.54, 1.807) is 0 Å². The van der Waals surface area contributed by atoms with E-state index >= 15 is 0 Å². The summed E-state index contributed by atoms with van der Waals surface area (Å²) in [5.41, 5.74) is 5.51. The summed E-state index contributed by atoms with van der Waals surface area (Å²) in [6, 6.07) is 14.0. The van der Waals surface area contributed by atoms with E-state index in [0.29, 0.717) is 11.5 Å². The van der Waals surface area contributed by atoms with Gasteiger partial charge < -0.3 is 10.6 Å². The maximum absolute atomic E-state index is 12.5. The van der Waals surface area contributed by atoms with Gasteiger partial charge in [-0.1, -0.05) is 56.7 Å². The normalized spacial score (nSPS) is 11.2.